The van der Waals surface area contributed by atoms with Crippen LogP contribution in [0.15, 0.2) is 28.8 Å². The second-order valence-electron chi connectivity index (χ2n) is 4.66. The van der Waals surface area contributed by atoms with Gasteiger partial charge in [0.2, 0.25) is 0 Å². The molecular weight excluding hydrogens is 198 g/mol. The molecule has 1 aliphatic carbocycles. The topological polar surface area (TPSA) is 26.0 Å². The van der Waals surface area contributed by atoms with Crippen LogP contribution in [0, 0.1) is 13.8 Å². The maximum atomic E-state index is 5.40. The average molecular weight is 213 g/mol. The predicted molar refractivity (Wildman–Crippen MR) is 63.4 cm³/mol. The summed E-state index contributed by atoms with van der Waals surface area (Å²) in [4.78, 5) is 0. The normalized spacial score (nSPS) is 15.4. The lowest BCUT2D eigenvalue weighted by atomic mass is 10.00. The lowest BCUT2D eigenvalue weighted by Gasteiger charge is -2.04. The number of rotatable bonds is 2. The Labute approximate surface area is 95.3 Å². The summed E-state index contributed by atoms with van der Waals surface area (Å²) in [6.07, 6.45) is 2.50. The molecule has 2 aromatic rings. The van der Waals surface area contributed by atoms with Crippen molar-refractivity contribution in [2.75, 3.05) is 0 Å². The van der Waals surface area contributed by atoms with Crippen LogP contribution < -0.4 is 0 Å². The first-order valence-electron chi connectivity index (χ1n) is 5.79. The van der Waals surface area contributed by atoms with Gasteiger partial charge < -0.3 is 4.52 Å². The fourth-order valence-electron chi connectivity index (χ4n) is 2.19. The molecule has 2 nitrogen and oxygen atoms in total. The molecule has 82 valence electrons. The second-order valence-corrected chi connectivity index (χ2v) is 4.66. The molecule has 0 N–H and O–H groups in total. The second kappa shape index (κ2) is 3.48. The third-order valence-corrected chi connectivity index (χ3v) is 3.25. The summed E-state index contributed by atoms with van der Waals surface area (Å²) in [6, 6.07) is 8.42. The minimum absolute atomic E-state index is 0.630. The molecule has 0 unspecified atom stereocenters. The Hall–Kier alpha value is -1.57. The summed E-state index contributed by atoms with van der Waals surface area (Å²) >= 11 is 0. The molecule has 1 fully saturated rings. The van der Waals surface area contributed by atoms with Gasteiger partial charge in [-0.1, -0.05) is 23.4 Å². The van der Waals surface area contributed by atoms with Gasteiger partial charge in [0, 0.05) is 17.5 Å². The van der Waals surface area contributed by atoms with Crippen LogP contribution in [0.2, 0.25) is 0 Å². The molecule has 1 aromatic heterocycles. The van der Waals surface area contributed by atoms with Crippen molar-refractivity contribution in [3.05, 3.63) is 41.2 Å². The molecule has 2 heteroatoms. The molecule has 0 bridgehead atoms. The van der Waals surface area contributed by atoms with Gasteiger partial charge in [0.05, 0.1) is 0 Å². The van der Waals surface area contributed by atoms with Gasteiger partial charge in [0.1, 0.15) is 11.5 Å². The van der Waals surface area contributed by atoms with E-state index in [1.165, 1.54) is 29.5 Å². The van der Waals surface area contributed by atoms with Gasteiger partial charge in [-0.2, -0.15) is 0 Å². The van der Waals surface area contributed by atoms with Crippen molar-refractivity contribution in [2.45, 2.75) is 32.6 Å². The molecular formula is C14H15NO. The van der Waals surface area contributed by atoms with Crippen LogP contribution in [0.1, 0.15) is 35.6 Å². The van der Waals surface area contributed by atoms with E-state index in [0.717, 1.165) is 11.5 Å². The van der Waals surface area contributed by atoms with Crippen molar-refractivity contribution in [3.63, 3.8) is 0 Å². The fourth-order valence-corrected chi connectivity index (χ4v) is 2.19. The highest BCUT2D eigenvalue weighted by Gasteiger charge is 2.28. The highest BCUT2D eigenvalue weighted by molar-refractivity contribution is 5.67. The van der Waals surface area contributed by atoms with E-state index in [1.54, 1.807) is 0 Å². The van der Waals surface area contributed by atoms with Crippen LogP contribution in [0.4, 0.5) is 0 Å². The Morgan fingerprint density at radius 3 is 2.50 bits per heavy atom. The minimum Gasteiger partial charge on any atom is -0.360 e. The quantitative estimate of drug-likeness (QED) is 0.757. The van der Waals surface area contributed by atoms with Crippen molar-refractivity contribution >= 4 is 0 Å². The van der Waals surface area contributed by atoms with E-state index in [2.05, 4.69) is 43.3 Å². The summed E-state index contributed by atoms with van der Waals surface area (Å²) in [7, 11) is 0. The minimum atomic E-state index is 0.630. The summed E-state index contributed by atoms with van der Waals surface area (Å²) in [5, 5.41) is 4.19. The van der Waals surface area contributed by atoms with Crippen LogP contribution in [-0.2, 0) is 0 Å². The van der Waals surface area contributed by atoms with Gasteiger partial charge in [-0.25, -0.2) is 0 Å². The van der Waals surface area contributed by atoms with E-state index in [0.29, 0.717) is 5.92 Å². The van der Waals surface area contributed by atoms with Crippen LogP contribution in [-0.4, -0.2) is 5.16 Å². The first-order chi connectivity index (χ1) is 7.75. The molecule has 0 radical (unpaired) electrons. The van der Waals surface area contributed by atoms with Crippen LogP contribution in [0.25, 0.3) is 11.3 Å². The molecule has 16 heavy (non-hydrogen) atoms. The Morgan fingerprint density at radius 2 is 1.88 bits per heavy atom. The highest BCUT2D eigenvalue weighted by Crippen LogP contribution is 2.41. The smallest absolute Gasteiger partial charge is 0.140 e. The van der Waals surface area contributed by atoms with Crippen LogP contribution in [0.3, 0.4) is 0 Å². The van der Waals surface area contributed by atoms with E-state index in [-0.39, 0.29) is 0 Å². The molecule has 0 amide bonds. The lowest BCUT2D eigenvalue weighted by molar-refractivity contribution is 0.386. The Balaban J connectivity index is 2.06. The van der Waals surface area contributed by atoms with Crippen molar-refractivity contribution in [2.24, 2.45) is 0 Å². The maximum Gasteiger partial charge on any atom is 0.140 e. The van der Waals surface area contributed by atoms with Crippen molar-refractivity contribution in [1.82, 2.24) is 5.16 Å². The summed E-state index contributed by atoms with van der Waals surface area (Å²) in [5.41, 5.74) is 4.72. The van der Waals surface area contributed by atoms with Gasteiger partial charge in [-0.05, 0) is 37.8 Å². The van der Waals surface area contributed by atoms with Crippen molar-refractivity contribution < 1.29 is 4.52 Å². The van der Waals surface area contributed by atoms with Gasteiger partial charge >= 0.3 is 0 Å². The van der Waals surface area contributed by atoms with E-state index >= 15 is 0 Å². The molecule has 0 saturated heterocycles. The summed E-state index contributed by atoms with van der Waals surface area (Å²) in [6.45, 7) is 4.24. The first kappa shape index (κ1) is 9.64. The third kappa shape index (κ3) is 1.54. The van der Waals surface area contributed by atoms with Crippen molar-refractivity contribution in [3.8, 4) is 11.3 Å². The van der Waals surface area contributed by atoms with Gasteiger partial charge in [-0.15, -0.1) is 0 Å². The molecule has 1 saturated carbocycles. The zero-order valence-corrected chi connectivity index (χ0v) is 9.66. The number of hydrogen-bond acceptors (Lipinski definition) is 2. The zero-order chi connectivity index (χ0) is 11.1. The number of aryl methyl sites for hydroxylation is 2. The maximum absolute atomic E-state index is 5.40. The third-order valence-electron chi connectivity index (χ3n) is 3.25. The lowest BCUT2D eigenvalue weighted by Crippen LogP contribution is -1.87. The molecule has 1 heterocycles. The Morgan fingerprint density at radius 1 is 1.19 bits per heavy atom. The van der Waals surface area contributed by atoms with Crippen LogP contribution >= 0.6 is 0 Å². The summed E-state index contributed by atoms with van der Waals surface area (Å²) in [5.74, 6) is 1.68. The monoisotopic (exact) mass is 213 g/mol. The SMILES string of the molecule is Cc1cccc(C)c1-c1cc(C2CC2)on1. The Bertz CT molecular complexity index is 503. The highest BCUT2D eigenvalue weighted by atomic mass is 16.5. The van der Waals surface area contributed by atoms with E-state index in [4.69, 9.17) is 4.52 Å². The molecule has 1 aliphatic rings. The fraction of sp³-hybridized carbons (Fsp3) is 0.357. The van der Waals surface area contributed by atoms with Crippen molar-refractivity contribution in [1.29, 1.82) is 0 Å². The predicted octanol–water partition coefficient (Wildman–Crippen LogP) is 3.84. The van der Waals surface area contributed by atoms with Crippen LogP contribution in [0.5, 0.6) is 0 Å². The Kier molecular flexibility index (Phi) is 2.10. The molecule has 3 rings (SSSR count). The largest absolute Gasteiger partial charge is 0.360 e. The van der Waals surface area contributed by atoms with Gasteiger partial charge in [0.15, 0.2) is 0 Å². The van der Waals surface area contributed by atoms with Gasteiger partial charge in [-0.3, -0.25) is 0 Å². The van der Waals surface area contributed by atoms with Gasteiger partial charge in [0.25, 0.3) is 0 Å². The zero-order valence-electron chi connectivity index (χ0n) is 9.66. The summed E-state index contributed by atoms with van der Waals surface area (Å²) < 4.78 is 5.40. The molecule has 1 aromatic carbocycles. The standard InChI is InChI=1S/C14H15NO/c1-9-4-3-5-10(2)14(9)12-8-13(16-15-12)11-6-7-11/h3-5,8,11H,6-7H2,1-2H3. The number of hydrogen-bond donors (Lipinski definition) is 0. The average Bonchev–Trinajstić information content (AvgIpc) is 2.99. The molecule has 0 atom stereocenters. The molecule has 0 spiro atoms. The molecule has 0 aliphatic heterocycles. The number of aromatic nitrogens is 1. The van der Waals surface area contributed by atoms with E-state index in [1.807, 2.05) is 0 Å². The number of benzene rings is 1. The first-order valence-corrected chi connectivity index (χ1v) is 5.79. The van der Waals surface area contributed by atoms with E-state index in [9.17, 15) is 0 Å². The number of nitrogens with zero attached hydrogens (tertiary/aromatic N) is 1. The van der Waals surface area contributed by atoms with E-state index < -0.39 is 0 Å².